The summed E-state index contributed by atoms with van der Waals surface area (Å²) in [7, 11) is 0.122. The van der Waals surface area contributed by atoms with Crippen molar-refractivity contribution in [3.63, 3.8) is 0 Å². The summed E-state index contributed by atoms with van der Waals surface area (Å²) >= 11 is 0. The highest BCUT2D eigenvalue weighted by molar-refractivity contribution is 7.26. The first-order valence-corrected chi connectivity index (χ1v) is 8.34. The van der Waals surface area contributed by atoms with E-state index >= 15 is 0 Å². The van der Waals surface area contributed by atoms with Crippen LogP contribution in [0, 0.1) is 0 Å². The lowest BCUT2D eigenvalue weighted by Crippen LogP contribution is -1.89. The number of hydrogen-bond donors (Lipinski definition) is 0. The molecule has 1 aromatic carbocycles. The van der Waals surface area contributed by atoms with E-state index in [1.54, 1.807) is 0 Å². The topological polar surface area (TPSA) is 18.5 Å². The number of para-hydroxylation sites is 1. The van der Waals surface area contributed by atoms with Crippen molar-refractivity contribution in [3.8, 4) is 5.75 Å². The molecule has 0 spiro atoms. The van der Waals surface area contributed by atoms with E-state index in [9.17, 15) is 0 Å². The summed E-state index contributed by atoms with van der Waals surface area (Å²) in [5.74, 6) is 0.886. The second kappa shape index (κ2) is 12.4. The van der Waals surface area contributed by atoms with Crippen molar-refractivity contribution in [2.45, 2.75) is 58.3 Å². The third-order valence-corrected chi connectivity index (χ3v) is 3.70. The molecule has 19 heavy (non-hydrogen) atoms. The molecule has 1 aromatic rings. The van der Waals surface area contributed by atoms with Crippen molar-refractivity contribution in [1.29, 1.82) is 0 Å². The Kier molecular flexibility index (Phi) is 10.8. The lowest BCUT2D eigenvalue weighted by atomic mass is 10.1. The van der Waals surface area contributed by atoms with Crippen LogP contribution in [0.5, 0.6) is 5.75 Å². The first-order chi connectivity index (χ1) is 9.43. The second-order valence-electron chi connectivity index (χ2n) is 4.82. The van der Waals surface area contributed by atoms with Gasteiger partial charge in [-0.2, -0.15) is 0 Å². The van der Waals surface area contributed by atoms with Gasteiger partial charge in [0.1, 0.15) is 5.75 Å². The van der Waals surface area contributed by atoms with Gasteiger partial charge in [-0.25, -0.2) is 0 Å². The largest absolute Gasteiger partial charge is 0.450 e. The van der Waals surface area contributed by atoms with E-state index in [-0.39, 0.29) is 9.03 Å². The predicted molar refractivity (Wildman–Crippen MR) is 83.9 cm³/mol. The van der Waals surface area contributed by atoms with Crippen molar-refractivity contribution >= 4 is 9.03 Å². The van der Waals surface area contributed by atoms with Gasteiger partial charge >= 0.3 is 0 Å². The van der Waals surface area contributed by atoms with Crippen LogP contribution in [0.15, 0.2) is 30.3 Å². The summed E-state index contributed by atoms with van der Waals surface area (Å²) in [4.78, 5) is 0. The molecule has 0 amide bonds. The van der Waals surface area contributed by atoms with E-state index < -0.39 is 0 Å². The van der Waals surface area contributed by atoms with Crippen molar-refractivity contribution in [2.75, 3.05) is 6.61 Å². The number of hydrogen-bond acceptors (Lipinski definition) is 2. The van der Waals surface area contributed by atoms with Crippen LogP contribution < -0.4 is 4.52 Å². The maximum atomic E-state index is 5.49. The lowest BCUT2D eigenvalue weighted by Gasteiger charge is -2.05. The first-order valence-electron chi connectivity index (χ1n) is 7.52. The van der Waals surface area contributed by atoms with Crippen LogP contribution in [-0.2, 0) is 4.52 Å². The Labute approximate surface area is 119 Å². The van der Waals surface area contributed by atoms with Crippen LogP contribution in [0.4, 0.5) is 0 Å². The van der Waals surface area contributed by atoms with Gasteiger partial charge in [-0.05, 0) is 18.6 Å². The molecule has 0 aliphatic heterocycles. The maximum Gasteiger partial charge on any atom is 0.215 e. The molecule has 0 aliphatic carbocycles. The SMILES string of the molecule is CCCCCCCCCCOPOc1ccccc1. The van der Waals surface area contributed by atoms with Crippen molar-refractivity contribution in [1.82, 2.24) is 0 Å². The highest BCUT2D eigenvalue weighted by Gasteiger charge is 1.94. The summed E-state index contributed by atoms with van der Waals surface area (Å²) in [6, 6.07) is 9.83. The maximum absolute atomic E-state index is 5.49. The molecule has 2 nitrogen and oxygen atoms in total. The van der Waals surface area contributed by atoms with Gasteiger partial charge in [-0.15, -0.1) is 0 Å². The van der Waals surface area contributed by atoms with E-state index in [0.717, 1.165) is 18.8 Å². The standard InChI is InChI=1S/C16H27O2P/c1-2-3-4-5-6-7-8-12-15-17-19-18-16-13-10-9-11-14-16/h9-11,13-14,19H,2-8,12,15H2,1H3. The van der Waals surface area contributed by atoms with Crippen molar-refractivity contribution < 1.29 is 9.05 Å². The lowest BCUT2D eigenvalue weighted by molar-refractivity contribution is 0.316. The molecule has 1 unspecified atom stereocenters. The molecule has 0 heterocycles. The van der Waals surface area contributed by atoms with Gasteiger partial charge in [-0.3, -0.25) is 0 Å². The number of unbranched alkanes of at least 4 members (excludes halogenated alkanes) is 7. The molecule has 0 aliphatic rings. The van der Waals surface area contributed by atoms with Crippen LogP contribution in [0.25, 0.3) is 0 Å². The fraction of sp³-hybridized carbons (Fsp3) is 0.625. The normalized spacial score (nSPS) is 11.2. The fourth-order valence-corrected chi connectivity index (χ4v) is 2.43. The van der Waals surface area contributed by atoms with E-state index in [1.807, 2.05) is 30.3 Å². The molecule has 1 atom stereocenters. The van der Waals surface area contributed by atoms with Crippen LogP contribution in [-0.4, -0.2) is 6.61 Å². The molecule has 0 fully saturated rings. The summed E-state index contributed by atoms with van der Waals surface area (Å²) in [6.07, 6.45) is 10.7. The number of rotatable bonds is 12. The van der Waals surface area contributed by atoms with Crippen LogP contribution in [0.1, 0.15) is 58.3 Å². The van der Waals surface area contributed by atoms with E-state index in [2.05, 4.69) is 6.92 Å². The molecular formula is C16H27O2P. The average molecular weight is 282 g/mol. The zero-order valence-corrected chi connectivity index (χ0v) is 13.1. The molecule has 3 heteroatoms. The molecule has 0 bridgehead atoms. The molecule has 0 N–H and O–H groups in total. The minimum absolute atomic E-state index is 0.122. The highest BCUT2D eigenvalue weighted by atomic mass is 31.1. The van der Waals surface area contributed by atoms with Gasteiger partial charge in [-0.1, -0.05) is 70.1 Å². The van der Waals surface area contributed by atoms with E-state index in [4.69, 9.17) is 9.05 Å². The third kappa shape index (κ3) is 9.92. The van der Waals surface area contributed by atoms with Gasteiger partial charge in [0.15, 0.2) is 0 Å². The second-order valence-corrected chi connectivity index (χ2v) is 5.48. The zero-order chi connectivity index (χ0) is 13.6. The van der Waals surface area contributed by atoms with E-state index in [0.29, 0.717) is 0 Å². The quantitative estimate of drug-likeness (QED) is 0.360. The Bertz CT molecular complexity index is 290. The van der Waals surface area contributed by atoms with Crippen molar-refractivity contribution in [2.24, 2.45) is 0 Å². The predicted octanol–water partition coefficient (Wildman–Crippen LogP) is 5.73. The molecule has 1 rings (SSSR count). The number of benzene rings is 1. The van der Waals surface area contributed by atoms with Gasteiger partial charge in [0, 0.05) is 0 Å². The third-order valence-electron chi connectivity index (χ3n) is 3.06. The molecule has 108 valence electrons. The zero-order valence-electron chi connectivity index (χ0n) is 12.1. The molecule has 0 saturated carbocycles. The smallest absolute Gasteiger partial charge is 0.215 e. The Morgan fingerprint density at radius 1 is 0.842 bits per heavy atom. The molecular weight excluding hydrogens is 255 g/mol. The Hall–Kier alpha value is -0.590. The minimum Gasteiger partial charge on any atom is -0.450 e. The summed E-state index contributed by atoms with van der Waals surface area (Å²) in [5, 5.41) is 0. The Balaban J connectivity index is 1.79. The fourth-order valence-electron chi connectivity index (χ4n) is 1.92. The van der Waals surface area contributed by atoms with Crippen LogP contribution >= 0.6 is 9.03 Å². The minimum atomic E-state index is 0.122. The summed E-state index contributed by atoms with van der Waals surface area (Å²) in [5.41, 5.74) is 0. The van der Waals surface area contributed by atoms with Gasteiger partial charge in [0.25, 0.3) is 0 Å². The monoisotopic (exact) mass is 282 g/mol. The van der Waals surface area contributed by atoms with Crippen LogP contribution in [0.3, 0.4) is 0 Å². The Morgan fingerprint density at radius 3 is 2.16 bits per heavy atom. The first kappa shape index (κ1) is 16.5. The van der Waals surface area contributed by atoms with Gasteiger partial charge < -0.3 is 9.05 Å². The Morgan fingerprint density at radius 2 is 1.47 bits per heavy atom. The summed E-state index contributed by atoms with van der Waals surface area (Å²) in [6.45, 7) is 3.08. The van der Waals surface area contributed by atoms with Gasteiger partial charge in [0.2, 0.25) is 9.03 Å². The van der Waals surface area contributed by atoms with Gasteiger partial charge in [0.05, 0.1) is 6.61 Å². The average Bonchev–Trinajstić information content (AvgIpc) is 2.46. The van der Waals surface area contributed by atoms with E-state index in [1.165, 1.54) is 44.9 Å². The molecule has 0 radical (unpaired) electrons. The molecule has 0 saturated heterocycles. The van der Waals surface area contributed by atoms with Crippen molar-refractivity contribution in [3.05, 3.63) is 30.3 Å². The molecule has 0 aromatic heterocycles. The highest BCUT2D eigenvalue weighted by Crippen LogP contribution is 2.21. The summed E-state index contributed by atoms with van der Waals surface area (Å²) < 4.78 is 11.0. The van der Waals surface area contributed by atoms with Crippen LogP contribution in [0.2, 0.25) is 0 Å².